The molecule has 7 nitrogen and oxygen atoms in total. The summed E-state index contributed by atoms with van der Waals surface area (Å²) in [5.74, 6) is 0.452. The number of pyridine rings is 1. The Morgan fingerprint density at radius 2 is 1.74 bits per heavy atom. The van der Waals surface area contributed by atoms with E-state index >= 15 is 0 Å². The van der Waals surface area contributed by atoms with Crippen molar-refractivity contribution in [3.63, 3.8) is 0 Å². The van der Waals surface area contributed by atoms with Crippen LogP contribution in [0.25, 0.3) is 5.65 Å². The molecule has 0 radical (unpaired) electrons. The molecular formula is C25H21F3N4O3. The fraction of sp³-hybridized carbons (Fsp3) is 0.160. The van der Waals surface area contributed by atoms with Crippen molar-refractivity contribution in [3.8, 4) is 5.75 Å². The molecule has 0 aliphatic rings. The molecule has 2 heterocycles. The number of halogens is 3. The van der Waals surface area contributed by atoms with Gasteiger partial charge in [-0.1, -0.05) is 12.1 Å². The Kier molecular flexibility index (Phi) is 6.46. The summed E-state index contributed by atoms with van der Waals surface area (Å²) in [6.45, 7) is 3.74. The highest BCUT2D eigenvalue weighted by molar-refractivity contribution is 5.99. The lowest BCUT2D eigenvalue weighted by molar-refractivity contribution is -0.137. The van der Waals surface area contributed by atoms with Gasteiger partial charge in [0.15, 0.2) is 0 Å². The number of amides is 2. The van der Waals surface area contributed by atoms with Crippen LogP contribution in [0.5, 0.6) is 5.75 Å². The number of aryl methyl sites for hydroxylation is 2. The summed E-state index contributed by atoms with van der Waals surface area (Å²) in [5.41, 5.74) is 1.98. The van der Waals surface area contributed by atoms with Gasteiger partial charge in [0.1, 0.15) is 18.0 Å². The van der Waals surface area contributed by atoms with Gasteiger partial charge in [-0.3, -0.25) is 9.20 Å². The van der Waals surface area contributed by atoms with Crippen molar-refractivity contribution < 1.29 is 22.7 Å². The lowest BCUT2D eigenvalue weighted by Gasteiger charge is -2.13. The molecular weight excluding hydrogens is 461 g/mol. The molecule has 0 spiro atoms. The zero-order chi connectivity index (χ0) is 25.2. The van der Waals surface area contributed by atoms with E-state index in [2.05, 4.69) is 15.6 Å². The fourth-order valence-electron chi connectivity index (χ4n) is 3.38. The largest absolute Gasteiger partial charge is 0.487 e. The van der Waals surface area contributed by atoms with Crippen molar-refractivity contribution in [2.24, 2.45) is 0 Å². The predicted octanol–water partition coefficient (Wildman–Crippen LogP) is 5.55. The van der Waals surface area contributed by atoms with Crippen LogP contribution in [-0.2, 0) is 12.8 Å². The number of benzene rings is 2. The highest BCUT2D eigenvalue weighted by Crippen LogP contribution is 2.30. The number of ether oxygens (including phenoxy) is 1. The lowest BCUT2D eigenvalue weighted by atomic mass is 10.2. The third-order valence-electron chi connectivity index (χ3n) is 5.15. The number of fused-ring (bicyclic) bond motifs is 1. The minimum absolute atomic E-state index is 0.00446. The average Bonchev–Trinajstić information content (AvgIpc) is 2.78. The molecule has 35 heavy (non-hydrogen) atoms. The minimum atomic E-state index is -4.51. The number of aromatic nitrogens is 2. The second-order valence-corrected chi connectivity index (χ2v) is 7.94. The van der Waals surface area contributed by atoms with Crippen molar-refractivity contribution in [1.29, 1.82) is 0 Å². The molecule has 0 saturated heterocycles. The second kappa shape index (κ2) is 9.49. The highest BCUT2D eigenvalue weighted by atomic mass is 19.4. The molecule has 0 bridgehead atoms. The molecule has 4 aromatic rings. The van der Waals surface area contributed by atoms with Crippen molar-refractivity contribution in [3.05, 3.63) is 99.6 Å². The van der Waals surface area contributed by atoms with Gasteiger partial charge in [-0.15, -0.1) is 0 Å². The summed E-state index contributed by atoms with van der Waals surface area (Å²) in [7, 11) is 0. The first-order valence-corrected chi connectivity index (χ1v) is 10.6. The van der Waals surface area contributed by atoms with E-state index in [-0.39, 0.29) is 17.9 Å². The van der Waals surface area contributed by atoms with Crippen LogP contribution in [0.1, 0.15) is 22.4 Å². The normalized spacial score (nSPS) is 11.3. The van der Waals surface area contributed by atoms with Crippen LogP contribution in [0.2, 0.25) is 0 Å². The van der Waals surface area contributed by atoms with Gasteiger partial charge >= 0.3 is 12.2 Å². The number of alkyl halides is 3. The molecule has 0 saturated carbocycles. The van der Waals surface area contributed by atoms with Crippen LogP contribution in [0.15, 0.2) is 71.7 Å². The smallest absolute Gasteiger partial charge is 0.416 e. The Bertz CT molecular complexity index is 1460. The Balaban J connectivity index is 1.45. The summed E-state index contributed by atoms with van der Waals surface area (Å²) >= 11 is 0. The summed E-state index contributed by atoms with van der Waals surface area (Å²) in [6.07, 6.45) is -2.85. The van der Waals surface area contributed by atoms with E-state index in [1.54, 1.807) is 30.5 Å². The molecule has 180 valence electrons. The number of urea groups is 1. The van der Waals surface area contributed by atoms with Gasteiger partial charge in [-0.05, 0) is 61.4 Å². The van der Waals surface area contributed by atoms with Gasteiger partial charge in [0.25, 0.3) is 5.56 Å². The van der Waals surface area contributed by atoms with Crippen LogP contribution in [0.3, 0.4) is 0 Å². The van der Waals surface area contributed by atoms with Crippen molar-refractivity contribution in [2.45, 2.75) is 26.6 Å². The first-order chi connectivity index (χ1) is 16.6. The van der Waals surface area contributed by atoms with E-state index < -0.39 is 17.8 Å². The molecule has 0 fully saturated rings. The molecule has 0 unspecified atom stereocenters. The first-order valence-electron chi connectivity index (χ1n) is 10.6. The van der Waals surface area contributed by atoms with Crippen LogP contribution >= 0.6 is 0 Å². The number of carbonyl (C=O) groups excluding carboxylic acids is 1. The SMILES string of the molecule is Cc1ccn2c(=O)cc(COc3cc(NC(=O)Nc4cccc(C(F)(F)F)c4)ccc3C)nc2c1. The van der Waals surface area contributed by atoms with E-state index in [1.165, 1.54) is 22.6 Å². The van der Waals surface area contributed by atoms with Crippen molar-refractivity contribution in [2.75, 3.05) is 10.6 Å². The number of hydrogen-bond acceptors (Lipinski definition) is 4. The summed E-state index contributed by atoms with van der Waals surface area (Å²) in [6, 6.07) is 13.6. The van der Waals surface area contributed by atoms with Gasteiger partial charge in [0, 0.05) is 29.7 Å². The van der Waals surface area contributed by atoms with Crippen LogP contribution < -0.4 is 20.9 Å². The topological polar surface area (TPSA) is 84.7 Å². The monoisotopic (exact) mass is 482 g/mol. The third kappa shape index (κ3) is 5.78. The van der Waals surface area contributed by atoms with Crippen molar-refractivity contribution in [1.82, 2.24) is 9.38 Å². The maximum Gasteiger partial charge on any atom is 0.416 e. The zero-order valence-electron chi connectivity index (χ0n) is 18.8. The number of hydrogen-bond donors (Lipinski definition) is 2. The van der Waals surface area contributed by atoms with Crippen LogP contribution in [0.4, 0.5) is 29.3 Å². The molecule has 4 rings (SSSR count). The number of nitrogens with zero attached hydrogens (tertiary/aromatic N) is 2. The van der Waals surface area contributed by atoms with E-state index in [0.29, 0.717) is 22.8 Å². The summed E-state index contributed by atoms with van der Waals surface area (Å²) in [4.78, 5) is 29.1. The Labute approximate surface area is 198 Å². The maximum atomic E-state index is 12.9. The number of rotatable bonds is 5. The standard InChI is InChI=1S/C25H21F3N4O3/c1-15-8-9-32-22(10-15)29-20(13-23(32)33)14-35-21-12-19(7-6-16(21)2)31-24(34)30-18-5-3-4-17(11-18)25(26,27)28/h3-13H,14H2,1-2H3,(H2,30,31,34). The number of anilines is 2. The fourth-order valence-corrected chi connectivity index (χ4v) is 3.38. The van der Waals surface area contributed by atoms with Gasteiger partial charge in [0.2, 0.25) is 0 Å². The maximum absolute atomic E-state index is 12.9. The molecule has 2 aromatic carbocycles. The predicted molar refractivity (Wildman–Crippen MR) is 126 cm³/mol. The molecule has 2 aromatic heterocycles. The van der Waals surface area contributed by atoms with Gasteiger partial charge < -0.3 is 15.4 Å². The Hall–Kier alpha value is -4.34. The molecule has 0 aliphatic heterocycles. The number of carbonyl (C=O) groups is 1. The quantitative estimate of drug-likeness (QED) is 0.391. The highest BCUT2D eigenvalue weighted by Gasteiger charge is 2.30. The van der Waals surface area contributed by atoms with E-state index in [4.69, 9.17) is 4.74 Å². The van der Waals surface area contributed by atoms with Gasteiger partial charge in [-0.2, -0.15) is 13.2 Å². The summed E-state index contributed by atoms with van der Waals surface area (Å²) in [5, 5.41) is 4.96. The number of nitrogens with one attached hydrogen (secondary N) is 2. The Morgan fingerprint density at radius 1 is 1.00 bits per heavy atom. The van der Waals surface area contributed by atoms with Crippen molar-refractivity contribution >= 4 is 23.1 Å². The van der Waals surface area contributed by atoms with E-state index in [0.717, 1.165) is 23.3 Å². The van der Waals surface area contributed by atoms with E-state index in [9.17, 15) is 22.8 Å². The molecule has 0 aliphatic carbocycles. The minimum Gasteiger partial charge on any atom is -0.487 e. The van der Waals surface area contributed by atoms with Crippen LogP contribution in [0, 0.1) is 13.8 Å². The Morgan fingerprint density at radius 3 is 2.49 bits per heavy atom. The first kappa shape index (κ1) is 23.8. The summed E-state index contributed by atoms with van der Waals surface area (Å²) < 4.78 is 45.9. The average molecular weight is 482 g/mol. The molecule has 2 amide bonds. The molecule has 2 N–H and O–H groups in total. The zero-order valence-corrected chi connectivity index (χ0v) is 18.8. The van der Waals surface area contributed by atoms with Crippen LogP contribution in [-0.4, -0.2) is 15.4 Å². The van der Waals surface area contributed by atoms with Gasteiger partial charge in [-0.25, -0.2) is 9.78 Å². The second-order valence-electron chi connectivity index (χ2n) is 7.94. The van der Waals surface area contributed by atoms with E-state index in [1.807, 2.05) is 19.9 Å². The molecule has 0 atom stereocenters. The van der Waals surface area contributed by atoms with Gasteiger partial charge in [0.05, 0.1) is 11.3 Å². The lowest BCUT2D eigenvalue weighted by Crippen LogP contribution is -2.20. The molecule has 10 heteroatoms. The third-order valence-corrected chi connectivity index (χ3v) is 5.15.